The molecule has 11 rings (SSSR count). The van der Waals surface area contributed by atoms with Gasteiger partial charge in [-0.2, -0.15) is 0 Å². The van der Waals surface area contributed by atoms with Crippen LogP contribution in [0.4, 0.5) is 0 Å². The van der Waals surface area contributed by atoms with Crippen LogP contribution in [0.15, 0.2) is 120 Å². The summed E-state index contributed by atoms with van der Waals surface area (Å²) in [5.41, 5.74) is 13.5. The summed E-state index contributed by atoms with van der Waals surface area (Å²) < 4.78 is 11.9. The van der Waals surface area contributed by atoms with Gasteiger partial charge in [0, 0.05) is 43.5 Å². The van der Waals surface area contributed by atoms with Crippen LogP contribution in [0.25, 0.3) is 76.9 Å². The van der Waals surface area contributed by atoms with Crippen LogP contribution in [-0.4, -0.2) is 15.8 Å². The molecule has 0 unspecified atom stereocenters. The average molecular weight is 506 g/mol. The number of hydrogen-bond acceptors (Lipinski definition) is 1. The number of rotatable bonds is 0. The number of aromatic nitrogens is 2. The minimum atomic E-state index is 0.114. The first kappa shape index (κ1) is 19.8. The standard InChI is InChI=1S/C36H19BN2O/c1-5-16-26-20(10-1)21-13-9-15-25-33(21)39(26)35-32-34-30(31-23-12-3-8-19-29(23)40-36(31)35)22-11-2-6-17-27(22)38(34)28-18-7-4-14-24(28)37(25)32/h1-19H. The Hall–Kier alpha value is -5.22. The second kappa shape index (κ2) is 6.49. The first-order chi connectivity index (χ1) is 19.9. The van der Waals surface area contributed by atoms with Gasteiger partial charge in [0.2, 0.25) is 0 Å². The third-order valence-corrected chi connectivity index (χ3v) is 9.48. The molecule has 2 aliphatic rings. The van der Waals surface area contributed by atoms with E-state index in [4.69, 9.17) is 4.42 Å². The summed E-state index contributed by atoms with van der Waals surface area (Å²) in [7, 11) is 0. The predicted molar refractivity (Wildman–Crippen MR) is 167 cm³/mol. The van der Waals surface area contributed by atoms with Crippen molar-refractivity contribution in [3.8, 4) is 11.4 Å². The number of furan rings is 1. The second-order valence-corrected chi connectivity index (χ2v) is 11.2. The molecular formula is C36H19BN2O. The Morgan fingerprint density at radius 3 is 2.08 bits per heavy atom. The topological polar surface area (TPSA) is 23.0 Å². The zero-order valence-corrected chi connectivity index (χ0v) is 21.3. The lowest BCUT2D eigenvalue weighted by Crippen LogP contribution is -2.59. The maximum absolute atomic E-state index is 6.91. The van der Waals surface area contributed by atoms with Crippen molar-refractivity contribution < 1.29 is 4.42 Å². The van der Waals surface area contributed by atoms with E-state index in [1.807, 2.05) is 0 Å². The number of nitrogens with zero attached hydrogens (tertiary/aromatic N) is 2. The number of fused-ring (bicyclic) bond motifs is 16. The summed E-state index contributed by atoms with van der Waals surface area (Å²) in [6.45, 7) is 0.114. The van der Waals surface area contributed by atoms with Gasteiger partial charge in [-0.25, -0.2) is 0 Å². The van der Waals surface area contributed by atoms with Crippen molar-refractivity contribution >= 4 is 88.7 Å². The Kier molecular flexibility index (Phi) is 3.21. The normalized spacial score (nSPS) is 13.4. The fourth-order valence-electron chi connectivity index (χ4n) is 8.11. The summed E-state index contributed by atoms with van der Waals surface area (Å²) in [6.07, 6.45) is 0. The van der Waals surface area contributed by atoms with Crippen LogP contribution in [0.2, 0.25) is 0 Å². The molecule has 4 heteroatoms. The van der Waals surface area contributed by atoms with E-state index in [-0.39, 0.29) is 6.71 Å². The SMILES string of the molecule is c1ccc2c(c1)B1c3cccc4c5ccccc5n(c34)-c3c1c1c(c4ccccc4n1-2)c1c3oc2ccccc21. The highest BCUT2D eigenvalue weighted by Gasteiger charge is 2.42. The summed E-state index contributed by atoms with van der Waals surface area (Å²) in [5.74, 6) is 0. The molecule has 9 aromatic rings. The molecule has 3 aromatic heterocycles. The first-order valence-corrected chi connectivity index (χ1v) is 13.9. The van der Waals surface area contributed by atoms with Gasteiger partial charge in [0.15, 0.2) is 5.58 Å². The van der Waals surface area contributed by atoms with Crippen molar-refractivity contribution in [3.63, 3.8) is 0 Å². The highest BCUT2D eigenvalue weighted by Crippen LogP contribution is 2.46. The van der Waals surface area contributed by atoms with Crippen molar-refractivity contribution in [3.05, 3.63) is 115 Å². The molecule has 0 N–H and O–H groups in total. The van der Waals surface area contributed by atoms with Crippen LogP contribution in [-0.2, 0) is 0 Å². The molecule has 0 radical (unpaired) electrons. The molecule has 0 fully saturated rings. The van der Waals surface area contributed by atoms with E-state index in [1.165, 1.54) is 82.1 Å². The number of para-hydroxylation sites is 5. The molecule has 0 saturated carbocycles. The quantitative estimate of drug-likeness (QED) is 0.205. The van der Waals surface area contributed by atoms with Crippen LogP contribution < -0.4 is 16.4 Å². The molecule has 6 aromatic carbocycles. The fourth-order valence-corrected chi connectivity index (χ4v) is 8.11. The predicted octanol–water partition coefficient (Wildman–Crippen LogP) is 6.92. The molecular weight excluding hydrogens is 487 g/mol. The van der Waals surface area contributed by atoms with Gasteiger partial charge < -0.3 is 13.6 Å². The summed E-state index contributed by atoms with van der Waals surface area (Å²) in [4.78, 5) is 0. The van der Waals surface area contributed by atoms with Crippen molar-refractivity contribution in [1.82, 2.24) is 9.13 Å². The molecule has 0 aliphatic carbocycles. The highest BCUT2D eigenvalue weighted by atomic mass is 16.3. The van der Waals surface area contributed by atoms with Crippen LogP contribution in [0.1, 0.15) is 0 Å². The van der Waals surface area contributed by atoms with Gasteiger partial charge in [-0.3, -0.25) is 0 Å². The summed E-state index contributed by atoms with van der Waals surface area (Å²) in [6, 6.07) is 42.1. The molecule has 0 bridgehead atoms. The highest BCUT2D eigenvalue weighted by molar-refractivity contribution is 7.00. The van der Waals surface area contributed by atoms with Gasteiger partial charge in [-0.1, -0.05) is 91.0 Å². The van der Waals surface area contributed by atoms with Crippen molar-refractivity contribution in [1.29, 1.82) is 0 Å². The number of hydrogen-bond donors (Lipinski definition) is 0. The van der Waals surface area contributed by atoms with Crippen molar-refractivity contribution in [2.75, 3.05) is 0 Å². The third kappa shape index (κ3) is 2.00. The molecule has 3 nitrogen and oxygen atoms in total. The molecule has 0 spiro atoms. The molecule has 5 heterocycles. The molecule has 182 valence electrons. The van der Waals surface area contributed by atoms with Gasteiger partial charge in [-0.15, -0.1) is 0 Å². The minimum absolute atomic E-state index is 0.114. The molecule has 0 atom stereocenters. The second-order valence-electron chi connectivity index (χ2n) is 11.2. The van der Waals surface area contributed by atoms with E-state index >= 15 is 0 Å². The van der Waals surface area contributed by atoms with Crippen molar-refractivity contribution in [2.24, 2.45) is 0 Å². The Morgan fingerprint density at radius 2 is 1.18 bits per heavy atom. The lowest BCUT2D eigenvalue weighted by molar-refractivity contribution is 0.667. The first-order valence-electron chi connectivity index (χ1n) is 13.9. The van der Waals surface area contributed by atoms with Gasteiger partial charge >= 0.3 is 0 Å². The maximum Gasteiger partial charge on any atom is 0.252 e. The molecule has 40 heavy (non-hydrogen) atoms. The third-order valence-electron chi connectivity index (χ3n) is 9.48. The number of benzene rings is 6. The molecule has 0 saturated heterocycles. The van der Waals surface area contributed by atoms with Crippen LogP contribution in [0.5, 0.6) is 0 Å². The van der Waals surface area contributed by atoms with Gasteiger partial charge in [0.25, 0.3) is 6.71 Å². The maximum atomic E-state index is 6.91. The van der Waals surface area contributed by atoms with E-state index in [9.17, 15) is 0 Å². The Bertz CT molecular complexity index is 2610. The van der Waals surface area contributed by atoms with Gasteiger partial charge in [0.1, 0.15) is 5.58 Å². The lowest BCUT2D eigenvalue weighted by Gasteiger charge is -2.33. The Labute approximate surface area is 228 Å². The smallest absolute Gasteiger partial charge is 0.252 e. The Morgan fingerprint density at radius 1 is 0.500 bits per heavy atom. The van der Waals surface area contributed by atoms with E-state index in [0.717, 1.165) is 11.2 Å². The summed E-state index contributed by atoms with van der Waals surface area (Å²) >= 11 is 0. The van der Waals surface area contributed by atoms with Crippen LogP contribution in [0.3, 0.4) is 0 Å². The monoisotopic (exact) mass is 506 g/mol. The largest absolute Gasteiger partial charge is 0.454 e. The lowest BCUT2D eigenvalue weighted by atomic mass is 9.34. The fraction of sp³-hybridized carbons (Fsp3) is 0. The van der Waals surface area contributed by atoms with E-state index in [2.05, 4.69) is 124 Å². The van der Waals surface area contributed by atoms with E-state index < -0.39 is 0 Å². The summed E-state index contributed by atoms with van der Waals surface area (Å²) in [5, 5.41) is 7.53. The zero-order chi connectivity index (χ0) is 25.7. The van der Waals surface area contributed by atoms with Crippen LogP contribution in [0, 0.1) is 0 Å². The molecule has 0 amide bonds. The van der Waals surface area contributed by atoms with Crippen molar-refractivity contribution in [2.45, 2.75) is 0 Å². The zero-order valence-electron chi connectivity index (χ0n) is 21.3. The van der Waals surface area contributed by atoms with Gasteiger partial charge in [-0.05, 0) is 40.7 Å². The van der Waals surface area contributed by atoms with E-state index in [0.29, 0.717) is 0 Å². The van der Waals surface area contributed by atoms with E-state index in [1.54, 1.807) is 0 Å². The molecule has 2 aliphatic heterocycles. The van der Waals surface area contributed by atoms with Gasteiger partial charge in [0.05, 0.1) is 22.2 Å². The average Bonchev–Trinajstić information content (AvgIpc) is 3.67. The van der Waals surface area contributed by atoms with Crippen LogP contribution >= 0.6 is 0 Å². The minimum Gasteiger partial charge on any atom is -0.454 e. The Balaban J connectivity index is 1.56.